The summed E-state index contributed by atoms with van der Waals surface area (Å²) in [4.78, 5) is 9.93. The minimum absolute atomic E-state index is 0.223. The first-order valence-corrected chi connectivity index (χ1v) is 4.48. The zero-order chi connectivity index (χ0) is 8.97. The van der Waals surface area contributed by atoms with Crippen LogP contribution in [-0.4, -0.2) is 18.5 Å². The van der Waals surface area contributed by atoms with Crippen molar-refractivity contribution >= 4 is 16.3 Å². The van der Waals surface area contributed by atoms with Crippen LogP contribution in [0.4, 0.5) is 5.00 Å². The van der Waals surface area contributed by atoms with Gasteiger partial charge in [-0.15, -0.1) is 0 Å². The molecule has 12 heavy (non-hydrogen) atoms. The lowest BCUT2D eigenvalue weighted by Gasteiger charge is -1.93. The van der Waals surface area contributed by atoms with Gasteiger partial charge >= 0.3 is 5.00 Å². The molecule has 0 aliphatic heterocycles. The Morgan fingerprint density at radius 1 is 1.75 bits per heavy atom. The first-order valence-electron chi connectivity index (χ1n) is 3.60. The predicted octanol–water partition coefficient (Wildman–Crippen LogP) is 1.42. The van der Waals surface area contributed by atoms with Gasteiger partial charge in [0.25, 0.3) is 0 Å². The molecule has 0 fully saturated rings. The molecule has 0 spiro atoms. The Labute approximate surface area is 74.4 Å². The van der Waals surface area contributed by atoms with Crippen molar-refractivity contribution in [2.45, 2.75) is 6.42 Å². The first kappa shape index (κ1) is 9.15. The normalized spacial score (nSPS) is 10.1. The standard InChI is InChI=1S/C7H10N2O2S/c1-8-3-2-6-4-7(9(10)11)12-5-6/h4-5,8H,2-3H2,1H3. The van der Waals surface area contributed by atoms with Crippen molar-refractivity contribution in [1.82, 2.24) is 5.32 Å². The lowest BCUT2D eigenvalue weighted by molar-refractivity contribution is -0.380. The lowest BCUT2D eigenvalue weighted by Crippen LogP contribution is -2.09. The largest absolute Gasteiger partial charge is 0.324 e. The van der Waals surface area contributed by atoms with Gasteiger partial charge in [-0.3, -0.25) is 10.1 Å². The summed E-state index contributed by atoms with van der Waals surface area (Å²) < 4.78 is 0. The molecule has 0 saturated heterocycles. The molecular weight excluding hydrogens is 176 g/mol. The minimum Gasteiger partial charge on any atom is -0.319 e. The van der Waals surface area contributed by atoms with Gasteiger partial charge < -0.3 is 5.32 Å². The molecule has 0 atom stereocenters. The molecule has 0 amide bonds. The molecule has 66 valence electrons. The number of hydrogen-bond donors (Lipinski definition) is 1. The molecular formula is C7H10N2O2S. The van der Waals surface area contributed by atoms with E-state index in [1.165, 1.54) is 11.3 Å². The molecule has 1 N–H and O–H groups in total. The summed E-state index contributed by atoms with van der Waals surface area (Å²) in [5, 5.41) is 15.3. The van der Waals surface area contributed by atoms with E-state index in [4.69, 9.17) is 0 Å². The maximum Gasteiger partial charge on any atom is 0.324 e. The van der Waals surface area contributed by atoms with Gasteiger partial charge in [-0.05, 0) is 25.6 Å². The fraction of sp³-hybridized carbons (Fsp3) is 0.429. The molecule has 1 aromatic heterocycles. The van der Waals surface area contributed by atoms with Gasteiger partial charge in [-0.25, -0.2) is 0 Å². The summed E-state index contributed by atoms with van der Waals surface area (Å²) in [5.41, 5.74) is 1.03. The Morgan fingerprint density at radius 3 is 3.00 bits per heavy atom. The van der Waals surface area contributed by atoms with Gasteiger partial charge in [0, 0.05) is 11.4 Å². The molecule has 5 heteroatoms. The van der Waals surface area contributed by atoms with E-state index >= 15 is 0 Å². The second-order valence-corrected chi connectivity index (χ2v) is 3.29. The van der Waals surface area contributed by atoms with E-state index in [0.717, 1.165) is 18.5 Å². The average molecular weight is 186 g/mol. The highest BCUT2D eigenvalue weighted by Gasteiger charge is 2.08. The Hall–Kier alpha value is -0.940. The van der Waals surface area contributed by atoms with E-state index in [1.807, 2.05) is 12.4 Å². The lowest BCUT2D eigenvalue weighted by atomic mass is 10.2. The second kappa shape index (κ2) is 4.18. The zero-order valence-electron chi connectivity index (χ0n) is 6.74. The van der Waals surface area contributed by atoms with Crippen LogP contribution in [0.3, 0.4) is 0 Å². The molecule has 1 rings (SSSR count). The summed E-state index contributed by atoms with van der Waals surface area (Å²) in [6.07, 6.45) is 0.848. The van der Waals surface area contributed by atoms with Crippen LogP contribution < -0.4 is 5.32 Å². The quantitative estimate of drug-likeness (QED) is 0.571. The van der Waals surface area contributed by atoms with Crippen molar-refractivity contribution < 1.29 is 4.92 Å². The van der Waals surface area contributed by atoms with Crippen LogP contribution in [-0.2, 0) is 6.42 Å². The highest BCUT2D eigenvalue weighted by molar-refractivity contribution is 7.13. The van der Waals surface area contributed by atoms with E-state index in [0.29, 0.717) is 0 Å². The maximum absolute atomic E-state index is 10.3. The van der Waals surface area contributed by atoms with Crippen molar-refractivity contribution in [2.24, 2.45) is 0 Å². The van der Waals surface area contributed by atoms with Gasteiger partial charge in [-0.1, -0.05) is 11.3 Å². The fourth-order valence-corrected chi connectivity index (χ4v) is 1.62. The van der Waals surface area contributed by atoms with Gasteiger partial charge in [0.1, 0.15) is 0 Å². The minimum atomic E-state index is -0.354. The Morgan fingerprint density at radius 2 is 2.50 bits per heavy atom. The van der Waals surface area contributed by atoms with Gasteiger partial charge in [0.05, 0.1) is 4.92 Å². The summed E-state index contributed by atoms with van der Waals surface area (Å²) in [6.45, 7) is 0.855. The van der Waals surface area contributed by atoms with E-state index < -0.39 is 0 Å². The number of nitrogens with zero attached hydrogens (tertiary/aromatic N) is 1. The van der Waals surface area contributed by atoms with Crippen molar-refractivity contribution in [3.63, 3.8) is 0 Å². The summed E-state index contributed by atoms with van der Waals surface area (Å²) in [6, 6.07) is 1.63. The molecule has 0 unspecified atom stereocenters. The Bertz CT molecular complexity index is 272. The number of nitro groups is 1. The van der Waals surface area contributed by atoms with Crippen LogP contribution in [0.5, 0.6) is 0 Å². The number of likely N-dealkylation sites (N-methyl/N-ethyl adjacent to an activating group) is 1. The zero-order valence-corrected chi connectivity index (χ0v) is 7.56. The van der Waals surface area contributed by atoms with Gasteiger partial charge in [-0.2, -0.15) is 0 Å². The van der Waals surface area contributed by atoms with E-state index in [1.54, 1.807) is 6.07 Å². The number of nitrogens with one attached hydrogen (secondary N) is 1. The summed E-state index contributed by atoms with van der Waals surface area (Å²) >= 11 is 1.18. The topological polar surface area (TPSA) is 55.2 Å². The summed E-state index contributed by atoms with van der Waals surface area (Å²) in [7, 11) is 1.86. The van der Waals surface area contributed by atoms with Gasteiger partial charge in [0.2, 0.25) is 0 Å². The van der Waals surface area contributed by atoms with Crippen LogP contribution >= 0.6 is 11.3 Å². The van der Waals surface area contributed by atoms with Crippen molar-refractivity contribution in [1.29, 1.82) is 0 Å². The third-order valence-electron chi connectivity index (χ3n) is 1.48. The molecule has 0 aliphatic rings. The molecule has 0 radical (unpaired) electrons. The maximum atomic E-state index is 10.3. The third-order valence-corrected chi connectivity index (χ3v) is 2.41. The predicted molar refractivity (Wildman–Crippen MR) is 48.6 cm³/mol. The van der Waals surface area contributed by atoms with Crippen molar-refractivity contribution in [3.8, 4) is 0 Å². The number of hydrogen-bond acceptors (Lipinski definition) is 4. The van der Waals surface area contributed by atoms with Crippen LogP contribution in [0.2, 0.25) is 0 Å². The molecule has 0 aliphatic carbocycles. The van der Waals surface area contributed by atoms with Crippen LogP contribution in [0.15, 0.2) is 11.4 Å². The molecule has 1 heterocycles. The van der Waals surface area contributed by atoms with E-state index in [-0.39, 0.29) is 9.92 Å². The summed E-state index contributed by atoms with van der Waals surface area (Å²) in [5.74, 6) is 0. The van der Waals surface area contributed by atoms with Crippen LogP contribution in [0.1, 0.15) is 5.56 Å². The highest BCUT2D eigenvalue weighted by atomic mass is 32.1. The second-order valence-electron chi connectivity index (χ2n) is 2.40. The Balaban J connectivity index is 2.58. The van der Waals surface area contributed by atoms with Crippen LogP contribution in [0.25, 0.3) is 0 Å². The third kappa shape index (κ3) is 2.28. The van der Waals surface area contributed by atoms with Crippen LogP contribution in [0, 0.1) is 10.1 Å². The SMILES string of the molecule is CNCCc1csc([N+](=O)[O-])c1. The first-order chi connectivity index (χ1) is 5.74. The number of thiophene rings is 1. The monoisotopic (exact) mass is 186 g/mol. The molecule has 0 aromatic carbocycles. The Kier molecular flexibility index (Phi) is 3.19. The smallest absolute Gasteiger partial charge is 0.319 e. The number of rotatable bonds is 4. The average Bonchev–Trinajstić information content (AvgIpc) is 2.48. The molecule has 1 aromatic rings. The molecule has 0 bridgehead atoms. The van der Waals surface area contributed by atoms with Crippen molar-refractivity contribution in [3.05, 3.63) is 27.1 Å². The highest BCUT2D eigenvalue weighted by Crippen LogP contribution is 2.22. The van der Waals surface area contributed by atoms with Crippen molar-refractivity contribution in [2.75, 3.05) is 13.6 Å². The fourth-order valence-electron chi connectivity index (χ4n) is 0.859. The van der Waals surface area contributed by atoms with E-state index in [2.05, 4.69) is 5.32 Å². The van der Waals surface area contributed by atoms with E-state index in [9.17, 15) is 10.1 Å². The van der Waals surface area contributed by atoms with Gasteiger partial charge in [0.15, 0.2) is 0 Å². The molecule has 0 saturated carbocycles. The molecule has 4 nitrogen and oxygen atoms in total.